The van der Waals surface area contributed by atoms with Gasteiger partial charge in [0.2, 0.25) is 0 Å². The second-order valence-corrected chi connectivity index (χ2v) is 5.56. The van der Waals surface area contributed by atoms with Gasteiger partial charge < -0.3 is 10.2 Å². The second-order valence-electron chi connectivity index (χ2n) is 4.61. The van der Waals surface area contributed by atoms with Crippen LogP contribution in [0.4, 0.5) is 11.5 Å². The minimum absolute atomic E-state index is 0.111. The number of thiophene rings is 1. The van der Waals surface area contributed by atoms with Crippen LogP contribution in [-0.4, -0.2) is 24.5 Å². The molecule has 0 fully saturated rings. The highest BCUT2D eigenvalue weighted by atomic mass is 32.1. The monoisotopic (exact) mass is 289 g/mol. The third-order valence-electron chi connectivity index (χ3n) is 3.02. The van der Waals surface area contributed by atoms with Crippen molar-refractivity contribution in [3.05, 3.63) is 40.7 Å². The highest BCUT2D eigenvalue weighted by Crippen LogP contribution is 2.16. The molecule has 0 aliphatic rings. The van der Waals surface area contributed by atoms with Crippen LogP contribution in [0, 0.1) is 0 Å². The lowest BCUT2D eigenvalue weighted by atomic mass is 10.3. The maximum absolute atomic E-state index is 11.9. The summed E-state index contributed by atoms with van der Waals surface area (Å²) in [6.45, 7) is 3.19. The van der Waals surface area contributed by atoms with Crippen LogP contribution in [-0.2, 0) is 0 Å². The van der Waals surface area contributed by atoms with Gasteiger partial charge >= 0.3 is 0 Å². The lowest BCUT2D eigenvalue weighted by Crippen LogP contribution is -2.18. The van der Waals surface area contributed by atoms with Crippen molar-refractivity contribution < 1.29 is 4.79 Å². The van der Waals surface area contributed by atoms with E-state index in [1.807, 2.05) is 23.6 Å². The zero-order valence-electron chi connectivity index (χ0n) is 11.8. The topological polar surface area (TPSA) is 45.2 Å². The number of amides is 1. The fourth-order valence-corrected chi connectivity index (χ4v) is 2.41. The number of nitrogens with zero attached hydrogens (tertiary/aromatic N) is 2. The zero-order valence-corrected chi connectivity index (χ0v) is 12.6. The van der Waals surface area contributed by atoms with Gasteiger partial charge in [-0.05, 0) is 30.0 Å². The van der Waals surface area contributed by atoms with Crippen molar-refractivity contribution in [1.82, 2.24) is 4.98 Å². The third kappa shape index (κ3) is 3.81. The van der Waals surface area contributed by atoms with Crippen LogP contribution in [0.1, 0.15) is 29.4 Å². The summed E-state index contributed by atoms with van der Waals surface area (Å²) in [5.74, 6) is 0.468. The van der Waals surface area contributed by atoms with Gasteiger partial charge in [-0.1, -0.05) is 19.4 Å². The van der Waals surface area contributed by atoms with E-state index in [0.717, 1.165) is 18.7 Å². The largest absolute Gasteiger partial charge is 0.373 e. The number of unbranched alkanes of at least 4 members (excludes halogenated alkanes) is 1. The molecular formula is C15H19N3OS. The van der Waals surface area contributed by atoms with E-state index in [-0.39, 0.29) is 5.91 Å². The number of pyridine rings is 1. The van der Waals surface area contributed by atoms with Crippen molar-refractivity contribution in [2.24, 2.45) is 0 Å². The molecule has 2 aromatic rings. The highest BCUT2D eigenvalue weighted by Gasteiger charge is 2.08. The van der Waals surface area contributed by atoms with E-state index >= 15 is 0 Å². The number of nitrogens with one attached hydrogen (secondary N) is 1. The van der Waals surface area contributed by atoms with Gasteiger partial charge in [-0.3, -0.25) is 4.79 Å². The molecule has 0 saturated heterocycles. The fraction of sp³-hybridized carbons (Fsp3) is 0.333. The molecule has 5 heteroatoms. The first-order chi connectivity index (χ1) is 9.70. The molecule has 0 aliphatic carbocycles. The summed E-state index contributed by atoms with van der Waals surface area (Å²) < 4.78 is 0. The van der Waals surface area contributed by atoms with Crippen molar-refractivity contribution in [2.75, 3.05) is 23.8 Å². The Hall–Kier alpha value is -1.88. The van der Waals surface area contributed by atoms with E-state index in [0.29, 0.717) is 10.7 Å². The first-order valence-electron chi connectivity index (χ1n) is 6.72. The van der Waals surface area contributed by atoms with Crippen LogP contribution < -0.4 is 10.2 Å². The molecule has 2 heterocycles. The van der Waals surface area contributed by atoms with Gasteiger partial charge in [0.05, 0.1) is 16.8 Å². The average Bonchev–Trinajstić information content (AvgIpc) is 3.00. The number of rotatable bonds is 6. The van der Waals surface area contributed by atoms with Crippen LogP contribution >= 0.6 is 11.3 Å². The van der Waals surface area contributed by atoms with Gasteiger partial charge in [0, 0.05) is 13.6 Å². The van der Waals surface area contributed by atoms with Crippen LogP contribution in [0.25, 0.3) is 0 Å². The van der Waals surface area contributed by atoms with E-state index in [2.05, 4.69) is 29.2 Å². The number of hydrogen-bond acceptors (Lipinski definition) is 4. The van der Waals surface area contributed by atoms with E-state index in [1.165, 1.54) is 17.8 Å². The lowest BCUT2D eigenvalue weighted by Gasteiger charge is -2.18. The van der Waals surface area contributed by atoms with Gasteiger partial charge in [0.1, 0.15) is 5.82 Å². The SMILES string of the molecule is CCCCN(C)c1ccc(NC(=O)c2cccs2)nc1. The number of hydrogen-bond donors (Lipinski definition) is 1. The maximum atomic E-state index is 11.9. The summed E-state index contributed by atoms with van der Waals surface area (Å²) in [7, 11) is 2.05. The van der Waals surface area contributed by atoms with Crippen molar-refractivity contribution >= 4 is 28.7 Å². The van der Waals surface area contributed by atoms with E-state index in [9.17, 15) is 4.79 Å². The molecule has 0 radical (unpaired) electrons. The van der Waals surface area contributed by atoms with Crippen LogP contribution in [0.15, 0.2) is 35.8 Å². The Morgan fingerprint density at radius 1 is 1.40 bits per heavy atom. The Morgan fingerprint density at radius 2 is 2.25 bits per heavy atom. The molecule has 0 bridgehead atoms. The first kappa shape index (κ1) is 14.5. The highest BCUT2D eigenvalue weighted by molar-refractivity contribution is 7.12. The number of carbonyl (C=O) groups is 1. The molecule has 20 heavy (non-hydrogen) atoms. The molecule has 0 spiro atoms. The standard InChI is InChI=1S/C15H19N3OS/c1-3-4-9-18(2)12-7-8-14(16-11-12)17-15(19)13-6-5-10-20-13/h5-8,10-11H,3-4,9H2,1-2H3,(H,16,17,19). The molecule has 0 aliphatic heterocycles. The quantitative estimate of drug-likeness (QED) is 0.883. The first-order valence-corrected chi connectivity index (χ1v) is 7.60. The molecule has 0 atom stereocenters. The summed E-state index contributed by atoms with van der Waals surface area (Å²) in [5.41, 5.74) is 1.06. The molecule has 1 N–H and O–H groups in total. The zero-order chi connectivity index (χ0) is 14.4. The summed E-state index contributed by atoms with van der Waals surface area (Å²) in [4.78, 5) is 19.0. The average molecular weight is 289 g/mol. The predicted octanol–water partition coefficient (Wildman–Crippen LogP) is 3.63. The Labute approximate surface area is 123 Å². The molecule has 0 saturated carbocycles. The molecule has 2 rings (SSSR count). The Bertz CT molecular complexity index is 537. The smallest absolute Gasteiger partial charge is 0.266 e. The van der Waals surface area contributed by atoms with Gasteiger partial charge in [0.25, 0.3) is 5.91 Å². The molecule has 106 valence electrons. The Kier molecular flexibility index (Phi) is 5.12. The van der Waals surface area contributed by atoms with Gasteiger partial charge in [-0.2, -0.15) is 0 Å². The summed E-state index contributed by atoms with van der Waals surface area (Å²) in [6.07, 6.45) is 4.12. The molecule has 1 amide bonds. The maximum Gasteiger partial charge on any atom is 0.266 e. The number of aromatic nitrogens is 1. The van der Waals surface area contributed by atoms with Gasteiger partial charge in [-0.25, -0.2) is 4.98 Å². The molecule has 0 aromatic carbocycles. The summed E-state index contributed by atoms with van der Waals surface area (Å²) in [5, 5.41) is 4.68. The van der Waals surface area contributed by atoms with Crippen molar-refractivity contribution in [3.8, 4) is 0 Å². The normalized spacial score (nSPS) is 10.3. The third-order valence-corrected chi connectivity index (χ3v) is 3.89. The molecule has 0 unspecified atom stereocenters. The van der Waals surface area contributed by atoms with Crippen LogP contribution in [0.3, 0.4) is 0 Å². The summed E-state index contributed by atoms with van der Waals surface area (Å²) >= 11 is 1.42. The fourth-order valence-electron chi connectivity index (χ4n) is 1.80. The lowest BCUT2D eigenvalue weighted by molar-refractivity contribution is 0.103. The predicted molar refractivity (Wildman–Crippen MR) is 84.7 cm³/mol. The number of carbonyl (C=O) groups excluding carboxylic acids is 1. The second kappa shape index (κ2) is 7.05. The van der Waals surface area contributed by atoms with E-state index in [1.54, 1.807) is 12.3 Å². The minimum Gasteiger partial charge on any atom is -0.373 e. The Balaban J connectivity index is 1.96. The Morgan fingerprint density at radius 3 is 2.85 bits per heavy atom. The van der Waals surface area contributed by atoms with Crippen LogP contribution in [0.5, 0.6) is 0 Å². The van der Waals surface area contributed by atoms with Crippen molar-refractivity contribution in [3.63, 3.8) is 0 Å². The van der Waals surface area contributed by atoms with E-state index in [4.69, 9.17) is 0 Å². The van der Waals surface area contributed by atoms with Crippen molar-refractivity contribution in [1.29, 1.82) is 0 Å². The van der Waals surface area contributed by atoms with Crippen molar-refractivity contribution in [2.45, 2.75) is 19.8 Å². The van der Waals surface area contributed by atoms with E-state index < -0.39 is 0 Å². The van der Waals surface area contributed by atoms with Crippen LogP contribution in [0.2, 0.25) is 0 Å². The minimum atomic E-state index is -0.111. The molecule has 2 aromatic heterocycles. The van der Waals surface area contributed by atoms with Gasteiger partial charge in [-0.15, -0.1) is 11.3 Å². The molecular weight excluding hydrogens is 270 g/mol. The van der Waals surface area contributed by atoms with Gasteiger partial charge in [0.15, 0.2) is 0 Å². The summed E-state index contributed by atoms with van der Waals surface area (Å²) in [6, 6.07) is 7.47. The molecule has 4 nitrogen and oxygen atoms in total. The number of anilines is 2.